The topological polar surface area (TPSA) is 32.3 Å². The molecule has 3 nitrogen and oxygen atoms in total. The van der Waals surface area contributed by atoms with Crippen LogP contribution >= 0.6 is 12.4 Å². The molecule has 1 amide bonds. The molecule has 0 atom stereocenters. The van der Waals surface area contributed by atoms with Gasteiger partial charge in [-0.15, -0.1) is 12.4 Å². The van der Waals surface area contributed by atoms with Gasteiger partial charge < -0.3 is 10.2 Å². The monoisotopic (exact) mass is 310 g/mol. The van der Waals surface area contributed by atoms with E-state index < -0.39 is 0 Å². The summed E-state index contributed by atoms with van der Waals surface area (Å²) in [5.74, 6) is 0.980. The molecular weight excluding hydrogens is 284 g/mol. The third-order valence-corrected chi connectivity index (χ3v) is 3.76. The average molecular weight is 311 g/mol. The van der Waals surface area contributed by atoms with Crippen molar-refractivity contribution < 1.29 is 4.79 Å². The first-order valence-electron chi connectivity index (χ1n) is 7.71. The molecule has 0 aliphatic carbocycles. The molecule has 1 aromatic rings. The molecule has 4 heteroatoms. The summed E-state index contributed by atoms with van der Waals surface area (Å²) in [5.41, 5.74) is 2.65. The van der Waals surface area contributed by atoms with Crippen LogP contribution in [-0.4, -0.2) is 37.0 Å². The van der Waals surface area contributed by atoms with Crippen LogP contribution in [0.5, 0.6) is 0 Å². The number of carbonyl (C=O) groups excluding carboxylic acids is 1. The number of hydrogen-bond donors (Lipinski definition) is 1. The fourth-order valence-corrected chi connectivity index (χ4v) is 2.64. The van der Waals surface area contributed by atoms with Gasteiger partial charge in [0.25, 0.3) is 0 Å². The molecule has 0 aromatic heterocycles. The fraction of sp³-hybridized carbons (Fsp3) is 0.588. The largest absolute Gasteiger partial charge is 0.340 e. The summed E-state index contributed by atoms with van der Waals surface area (Å²) in [7, 11) is 0. The van der Waals surface area contributed by atoms with Crippen LogP contribution in [-0.2, 0) is 17.6 Å². The van der Waals surface area contributed by atoms with Crippen molar-refractivity contribution in [2.45, 2.75) is 33.1 Å². The maximum atomic E-state index is 12.1. The molecule has 1 aromatic carbocycles. The van der Waals surface area contributed by atoms with Crippen LogP contribution < -0.4 is 5.32 Å². The number of carbonyl (C=O) groups is 1. The second-order valence-electron chi connectivity index (χ2n) is 6.05. The number of aryl methyl sites for hydroxylation is 1. The highest BCUT2D eigenvalue weighted by Gasteiger charge is 2.15. The Morgan fingerprint density at radius 1 is 1.14 bits per heavy atom. The lowest BCUT2D eigenvalue weighted by Gasteiger charge is -2.27. The van der Waals surface area contributed by atoms with Crippen molar-refractivity contribution in [2.75, 3.05) is 26.2 Å². The van der Waals surface area contributed by atoms with Crippen LogP contribution in [0, 0.1) is 5.92 Å². The van der Waals surface area contributed by atoms with Crippen molar-refractivity contribution in [3.05, 3.63) is 35.4 Å². The molecule has 0 spiro atoms. The van der Waals surface area contributed by atoms with E-state index in [0.29, 0.717) is 12.3 Å². The minimum Gasteiger partial charge on any atom is -0.340 e. The van der Waals surface area contributed by atoms with Crippen molar-refractivity contribution in [2.24, 2.45) is 5.92 Å². The molecule has 0 saturated carbocycles. The Hall–Kier alpha value is -1.06. The first-order chi connectivity index (χ1) is 9.65. The molecule has 2 rings (SSSR count). The van der Waals surface area contributed by atoms with E-state index in [1.54, 1.807) is 0 Å². The third-order valence-electron chi connectivity index (χ3n) is 3.76. The van der Waals surface area contributed by atoms with Gasteiger partial charge in [0.15, 0.2) is 0 Å². The van der Waals surface area contributed by atoms with Crippen molar-refractivity contribution in [3.63, 3.8) is 0 Å². The first kappa shape index (κ1) is 18.0. The maximum Gasteiger partial charge on any atom is 0.222 e. The highest BCUT2D eigenvalue weighted by Crippen LogP contribution is 2.11. The van der Waals surface area contributed by atoms with Crippen LogP contribution in [0.25, 0.3) is 0 Å². The summed E-state index contributed by atoms with van der Waals surface area (Å²) >= 11 is 0. The molecule has 0 unspecified atom stereocenters. The highest BCUT2D eigenvalue weighted by atomic mass is 35.5. The van der Waals surface area contributed by atoms with E-state index in [0.717, 1.165) is 39.0 Å². The molecule has 1 fully saturated rings. The lowest BCUT2D eigenvalue weighted by Crippen LogP contribution is -2.46. The number of piperazine rings is 1. The Labute approximate surface area is 134 Å². The molecule has 1 N–H and O–H groups in total. The zero-order chi connectivity index (χ0) is 14.4. The molecule has 1 saturated heterocycles. The molecule has 118 valence electrons. The van der Waals surface area contributed by atoms with Gasteiger partial charge in [-0.05, 0) is 29.9 Å². The summed E-state index contributed by atoms with van der Waals surface area (Å²) in [6.45, 7) is 8.03. The Kier molecular flexibility index (Phi) is 7.76. The van der Waals surface area contributed by atoms with Gasteiger partial charge in [-0.1, -0.05) is 38.1 Å². The first-order valence-corrected chi connectivity index (χ1v) is 7.71. The fourth-order valence-electron chi connectivity index (χ4n) is 2.64. The number of halogens is 1. The molecule has 1 heterocycles. The van der Waals surface area contributed by atoms with E-state index >= 15 is 0 Å². The predicted molar refractivity (Wildman–Crippen MR) is 90.0 cm³/mol. The SMILES string of the molecule is CC(C)Cc1ccc(CCC(=O)N2CCNCC2)cc1.Cl. The minimum absolute atomic E-state index is 0. The average Bonchev–Trinajstić information content (AvgIpc) is 2.46. The van der Waals surface area contributed by atoms with Gasteiger partial charge in [-0.3, -0.25) is 4.79 Å². The highest BCUT2D eigenvalue weighted by molar-refractivity contribution is 5.85. The molecule has 21 heavy (non-hydrogen) atoms. The van der Waals surface area contributed by atoms with Gasteiger partial charge in [-0.25, -0.2) is 0 Å². The van der Waals surface area contributed by atoms with Crippen LogP contribution in [0.3, 0.4) is 0 Å². The number of rotatable bonds is 5. The summed E-state index contributed by atoms with van der Waals surface area (Å²) in [6, 6.07) is 8.74. The van der Waals surface area contributed by atoms with Crippen LogP contribution in [0.15, 0.2) is 24.3 Å². The number of benzene rings is 1. The second-order valence-corrected chi connectivity index (χ2v) is 6.05. The Bertz CT molecular complexity index is 425. The van der Waals surface area contributed by atoms with Crippen molar-refractivity contribution in [1.82, 2.24) is 10.2 Å². The van der Waals surface area contributed by atoms with Crippen molar-refractivity contribution >= 4 is 18.3 Å². The standard InChI is InChI=1S/C17H26N2O.ClH/c1-14(2)13-16-5-3-15(4-6-16)7-8-17(20)19-11-9-18-10-12-19;/h3-6,14,18H,7-13H2,1-2H3;1H. The smallest absolute Gasteiger partial charge is 0.222 e. The van der Waals surface area contributed by atoms with Gasteiger partial charge in [0.05, 0.1) is 0 Å². The van der Waals surface area contributed by atoms with Gasteiger partial charge in [-0.2, -0.15) is 0 Å². The molecule has 1 aliphatic heterocycles. The lowest BCUT2D eigenvalue weighted by molar-refractivity contribution is -0.131. The van der Waals surface area contributed by atoms with E-state index in [1.165, 1.54) is 11.1 Å². The molecule has 1 aliphatic rings. The normalized spacial score (nSPS) is 14.9. The van der Waals surface area contributed by atoms with E-state index in [1.807, 2.05) is 4.90 Å². The number of nitrogens with one attached hydrogen (secondary N) is 1. The van der Waals surface area contributed by atoms with Crippen LogP contribution in [0.4, 0.5) is 0 Å². The zero-order valence-electron chi connectivity index (χ0n) is 13.1. The molecular formula is C17H27ClN2O. The van der Waals surface area contributed by atoms with Gasteiger partial charge >= 0.3 is 0 Å². The summed E-state index contributed by atoms with van der Waals surface area (Å²) in [6.07, 6.45) is 2.61. The number of amides is 1. The Balaban J connectivity index is 0.00000220. The quantitative estimate of drug-likeness (QED) is 0.907. The second kappa shape index (κ2) is 9.06. The minimum atomic E-state index is 0. The number of nitrogens with zero attached hydrogens (tertiary/aromatic N) is 1. The van der Waals surface area contributed by atoms with Gasteiger partial charge in [0.1, 0.15) is 0 Å². The Morgan fingerprint density at radius 2 is 1.71 bits per heavy atom. The summed E-state index contributed by atoms with van der Waals surface area (Å²) in [4.78, 5) is 14.1. The van der Waals surface area contributed by atoms with Gasteiger partial charge in [0, 0.05) is 32.6 Å². The summed E-state index contributed by atoms with van der Waals surface area (Å²) < 4.78 is 0. The maximum absolute atomic E-state index is 12.1. The van der Waals surface area contributed by atoms with Crippen LogP contribution in [0.1, 0.15) is 31.4 Å². The van der Waals surface area contributed by atoms with Crippen LogP contribution in [0.2, 0.25) is 0 Å². The third kappa shape index (κ3) is 6.06. The predicted octanol–water partition coefficient (Wildman–Crippen LogP) is 2.67. The van der Waals surface area contributed by atoms with E-state index in [-0.39, 0.29) is 18.3 Å². The lowest BCUT2D eigenvalue weighted by atomic mass is 10.0. The number of hydrogen-bond acceptors (Lipinski definition) is 2. The molecule has 0 bridgehead atoms. The van der Waals surface area contributed by atoms with E-state index in [2.05, 4.69) is 43.4 Å². The van der Waals surface area contributed by atoms with Crippen molar-refractivity contribution in [1.29, 1.82) is 0 Å². The van der Waals surface area contributed by atoms with Gasteiger partial charge in [0.2, 0.25) is 5.91 Å². The van der Waals surface area contributed by atoms with E-state index in [4.69, 9.17) is 0 Å². The molecule has 0 radical (unpaired) electrons. The zero-order valence-corrected chi connectivity index (χ0v) is 13.9. The van der Waals surface area contributed by atoms with Crippen molar-refractivity contribution in [3.8, 4) is 0 Å². The summed E-state index contributed by atoms with van der Waals surface area (Å²) in [5, 5.41) is 3.27. The van der Waals surface area contributed by atoms with E-state index in [9.17, 15) is 4.79 Å². The Morgan fingerprint density at radius 3 is 2.29 bits per heavy atom.